The molecule has 5 rings (SSSR count). The molecule has 0 aliphatic carbocycles. The molecule has 0 atom stereocenters. The number of fused-ring (bicyclic) bond motifs is 1. The van der Waals surface area contributed by atoms with Crippen LogP contribution in [0.25, 0.3) is 22.4 Å². The smallest absolute Gasteiger partial charge is 0.255 e. The predicted molar refractivity (Wildman–Crippen MR) is 119 cm³/mol. The van der Waals surface area contributed by atoms with Crippen molar-refractivity contribution >= 4 is 22.6 Å². The molecule has 0 saturated heterocycles. The summed E-state index contributed by atoms with van der Waals surface area (Å²) < 4.78 is 10.5. The number of amides is 1. The highest BCUT2D eigenvalue weighted by Gasteiger charge is 2.09. The zero-order chi connectivity index (χ0) is 21.9. The second-order valence-electron chi connectivity index (χ2n) is 7.18. The summed E-state index contributed by atoms with van der Waals surface area (Å²) in [7, 11) is 0. The molecule has 2 N–H and O–H groups in total. The maximum atomic E-state index is 12.6. The van der Waals surface area contributed by atoms with Gasteiger partial charge in [0.05, 0.1) is 11.0 Å². The number of nitrogens with one attached hydrogen (secondary N) is 2. The summed E-state index contributed by atoms with van der Waals surface area (Å²) in [6.07, 6.45) is 0. The molecule has 0 aliphatic heterocycles. The van der Waals surface area contributed by atoms with Crippen molar-refractivity contribution in [2.24, 2.45) is 0 Å². The van der Waals surface area contributed by atoms with E-state index in [4.69, 9.17) is 9.26 Å². The molecular formula is C24H19N5O3. The van der Waals surface area contributed by atoms with Crippen molar-refractivity contribution in [1.29, 1.82) is 0 Å². The van der Waals surface area contributed by atoms with Gasteiger partial charge in [0.2, 0.25) is 11.7 Å². The Morgan fingerprint density at radius 1 is 1.00 bits per heavy atom. The number of hydrogen-bond donors (Lipinski definition) is 2. The summed E-state index contributed by atoms with van der Waals surface area (Å²) in [5, 5.41) is 6.68. The monoisotopic (exact) mass is 425 g/mol. The largest absolute Gasteiger partial charge is 0.485 e. The van der Waals surface area contributed by atoms with E-state index in [1.807, 2.05) is 48.5 Å². The van der Waals surface area contributed by atoms with E-state index in [0.717, 1.165) is 22.4 Å². The van der Waals surface area contributed by atoms with Crippen molar-refractivity contribution < 1.29 is 14.1 Å². The SMILES string of the molecule is Cc1nc(COc2ccc(C(=O)Nc3ccc(-c4nc5ccccc5[nH]4)cc3)cc2)no1. The van der Waals surface area contributed by atoms with Gasteiger partial charge in [-0.1, -0.05) is 17.3 Å². The molecule has 0 saturated carbocycles. The third kappa shape index (κ3) is 4.20. The molecule has 2 aromatic heterocycles. The average molecular weight is 425 g/mol. The highest BCUT2D eigenvalue weighted by atomic mass is 16.5. The van der Waals surface area contributed by atoms with E-state index in [0.29, 0.717) is 28.7 Å². The zero-order valence-electron chi connectivity index (χ0n) is 17.2. The van der Waals surface area contributed by atoms with Crippen LogP contribution in [0.4, 0.5) is 5.69 Å². The van der Waals surface area contributed by atoms with Crippen LogP contribution in [-0.2, 0) is 6.61 Å². The first kappa shape index (κ1) is 19.5. The van der Waals surface area contributed by atoms with Gasteiger partial charge in [0, 0.05) is 23.7 Å². The molecule has 0 aliphatic rings. The number of nitrogens with zero attached hydrogens (tertiary/aromatic N) is 3. The van der Waals surface area contributed by atoms with Crippen LogP contribution >= 0.6 is 0 Å². The summed E-state index contributed by atoms with van der Waals surface area (Å²) in [5.41, 5.74) is 4.06. The Morgan fingerprint density at radius 2 is 1.78 bits per heavy atom. The highest BCUT2D eigenvalue weighted by molar-refractivity contribution is 6.04. The lowest BCUT2D eigenvalue weighted by Gasteiger charge is -2.07. The quantitative estimate of drug-likeness (QED) is 0.407. The molecular weight excluding hydrogens is 406 g/mol. The Bertz CT molecular complexity index is 1340. The van der Waals surface area contributed by atoms with Gasteiger partial charge in [0.15, 0.2) is 6.61 Å². The third-order valence-electron chi connectivity index (χ3n) is 4.86. The minimum Gasteiger partial charge on any atom is -0.485 e. The normalized spacial score (nSPS) is 10.9. The van der Waals surface area contributed by atoms with E-state index >= 15 is 0 Å². The number of benzene rings is 3. The second kappa shape index (κ2) is 8.35. The minimum absolute atomic E-state index is 0.195. The highest BCUT2D eigenvalue weighted by Crippen LogP contribution is 2.22. The number of carbonyl (C=O) groups excluding carboxylic acids is 1. The average Bonchev–Trinajstić information content (AvgIpc) is 3.44. The molecule has 158 valence electrons. The number of ether oxygens (including phenoxy) is 1. The van der Waals surface area contributed by atoms with Crippen molar-refractivity contribution in [2.45, 2.75) is 13.5 Å². The van der Waals surface area contributed by atoms with Gasteiger partial charge in [-0.15, -0.1) is 0 Å². The van der Waals surface area contributed by atoms with Crippen molar-refractivity contribution in [1.82, 2.24) is 20.1 Å². The molecule has 2 heterocycles. The fraction of sp³-hybridized carbons (Fsp3) is 0.0833. The summed E-state index contributed by atoms with van der Waals surface area (Å²) in [6, 6.07) is 22.3. The van der Waals surface area contributed by atoms with Gasteiger partial charge >= 0.3 is 0 Å². The lowest BCUT2D eigenvalue weighted by molar-refractivity contribution is 0.102. The third-order valence-corrected chi connectivity index (χ3v) is 4.86. The molecule has 0 unspecified atom stereocenters. The molecule has 8 heteroatoms. The molecule has 0 spiro atoms. The maximum Gasteiger partial charge on any atom is 0.255 e. The summed E-state index contributed by atoms with van der Waals surface area (Å²) in [4.78, 5) is 24.6. The van der Waals surface area contributed by atoms with E-state index in [-0.39, 0.29) is 12.5 Å². The van der Waals surface area contributed by atoms with Gasteiger partial charge in [-0.05, 0) is 60.7 Å². The number of imidazole rings is 1. The maximum absolute atomic E-state index is 12.6. The molecule has 0 bridgehead atoms. The van der Waals surface area contributed by atoms with E-state index in [2.05, 4.69) is 25.4 Å². The molecule has 0 radical (unpaired) electrons. The van der Waals surface area contributed by atoms with Crippen LogP contribution in [0.15, 0.2) is 77.3 Å². The van der Waals surface area contributed by atoms with Crippen LogP contribution in [0.1, 0.15) is 22.1 Å². The van der Waals surface area contributed by atoms with Gasteiger partial charge in [0.1, 0.15) is 11.6 Å². The topological polar surface area (TPSA) is 106 Å². The molecule has 0 fully saturated rings. The molecule has 32 heavy (non-hydrogen) atoms. The Labute approximate surface area is 183 Å². The van der Waals surface area contributed by atoms with Crippen molar-refractivity contribution in [3.8, 4) is 17.1 Å². The van der Waals surface area contributed by atoms with E-state index in [1.165, 1.54) is 0 Å². The Morgan fingerprint density at radius 3 is 2.50 bits per heavy atom. The van der Waals surface area contributed by atoms with Crippen molar-refractivity contribution in [2.75, 3.05) is 5.32 Å². The molecule has 3 aromatic carbocycles. The number of rotatable bonds is 6. The minimum atomic E-state index is -0.207. The van der Waals surface area contributed by atoms with Crippen LogP contribution < -0.4 is 10.1 Å². The van der Waals surface area contributed by atoms with Crippen LogP contribution in [0, 0.1) is 6.92 Å². The van der Waals surface area contributed by atoms with Gasteiger partial charge in [-0.3, -0.25) is 4.79 Å². The molecule has 8 nitrogen and oxygen atoms in total. The summed E-state index contributed by atoms with van der Waals surface area (Å²) in [5.74, 6) is 2.15. The lowest BCUT2D eigenvalue weighted by Crippen LogP contribution is -2.11. The van der Waals surface area contributed by atoms with Gasteiger partial charge in [0.25, 0.3) is 5.91 Å². The van der Waals surface area contributed by atoms with Gasteiger partial charge < -0.3 is 19.6 Å². The zero-order valence-corrected chi connectivity index (χ0v) is 17.2. The number of H-pyrrole nitrogens is 1. The first-order valence-corrected chi connectivity index (χ1v) is 10.0. The number of para-hydroxylation sites is 2. The van der Waals surface area contributed by atoms with Gasteiger partial charge in [-0.25, -0.2) is 4.98 Å². The second-order valence-corrected chi connectivity index (χ2v) is 7.18. The molecule has 5 aromatic rings. The van der Waals surface area contributed by atoms with E-state index in [9.17, 15) is 4.79 Å². The number of hydrogen-bond acceptors (Lipinski definition) is 6. The molecule has 1 amide bonds. The van der Waals surface area contributed by atoms with Crippen LogP contribution in [0.5, 0.6) is 5.75 Å². The lowest BCUT2D eigenvalue weighted by atomic mass is 10.1. The van der Waals surface area contributed by atoms with Crippen LogP contribution in [-0.4, -0.2) is 26.0 Å². The van der Waals surface area contributed by atoms with Gasteiger partial charge in [-0.2, -0.15) is 4.98 Å². The van der Waals surface area contributed by atoms with E-state index in [1.54, 1.807) is 31.2 Å². The number of aromatic amines is 1. The first-order chi connectivity index (χ1) is 15.6. The Hall–Kier alpha value is -4.46. The predicted octanol–water partition coefficient (Wildman–Crippen LogP) is 4.75. The first-order valence-electron chi connectivity index (χ1n) is 10.0. The number of aryl methyl sites for hydroxylation is 1. The summed E-state index contributed by atoms with van der Waals surface area (Å²) >= 11 is 0. The Balaban J connectivity index is 1.21. The van der Waals surface area contributed by atoms with E-state index < -0.39 is 0 Å². The number of anilines is 1. The number of aromatic nitrogens is 4. The fourth-order valence-electron chi connectivity index (χ4n) is 3.25. The standard InChI is InChI=1S/C24H19N5O3/c1-15-25-22(29-32-15)14-31-19-12-8-17(9-13-19)24(30)26-18-10-6-16(7-11-18)23-27-20-4-2-3-5-21(20)28-23/h2-13H,14H2,1H3,(H,26,30)(H,27,28). The Kier molecular flexibility index (Phi) is 5.09. The van der Waals surface area contributed by atoms with Crippen molar-refractivity contribution in [3.05, 3.63) is 90.1 Å². The summed E-state index contributed by atoms with van der Waals surface area (Å²) in [6.45, 7) is 1.91. The van der Waals surface area contributed by atoms with Crippen LogP contribution in [0.2, 0.25) is 0 Å². The van der Waals surface area contributed by atoms with Crippen LogP contribution in [0.3, 0.4) is 0 Å². The number of carbonyl (C=O) groups is 1. The van der Waals surface area contributed by atoms with Crippen molar-refractivity contribution in [3.63, 3.8) is 0 Å². The fourth-order valence-corrected chi connectivity index (χ4v) is 3.25.